The van der Waals surface area contributed by atoms with Gasteiger partial charge >= 0.3 is 5.97 Å². The van der Waals surface area contributed by atoms with Crippen molar-refractivity contribution in [3.63, 3.8) is 0 Å². The van der Waals surface area contributed by atoms with Gasteiger partial charge in [-0.25, -0.2) is 9.48 Å². The van der Waals surface area contributed by atoms with Gasteiger partial charge in [0.1, 0.15) is 5.52 Å². The van der Waals surface area contributed by atoms with Crippen molar-refractivity contribution < 1.29 is 19.2 Å². The van der Waals surface area contributed by atoms with Crippen LogP contribution in [0.5, 0.6) is 0 Å². The Hall–Kier alpha value is -3.88. The molecule has 9 nitrogen and oxygen atoms in total. The summed E-state index contributed by atoms with van der Waals surface area (Å²) < 4.78 is 1.03. The normalized spacial score (nSPS) is 13.1. The van der Waals surface area contributed by atoms with Crippen LogP contribution in [0.3, 0.4) is 0 Å². The van der Waals surface area contributed by atoms with Gasteiger partial charge in [-0.05, 0) is 24.3 Å². The standard InChI is InChI=1S/C18H12N4O5/c23-15(27-22-17(25)11-5-1-2-6-12(11)18(22)26)9-10-21-16(24)13-7-3-4-8-14(13)19-20-21/h1-8H,9-10H2. The summed E-state index contributed by atoms with van der Waals surface area (Å²) in [7, 11) is 0. The monoisotopic (exact) mass is 364 g/mol. The third-order valence-corrected chi connectivity index (χ3v) is 4.11. The van der Waals surface area contributed by atoms with Crippen molar-refractivity contribution in [3.05, 3.63) is 70.0 Å². The molecule has 0 aliphatic carbocycles. The lowest BCUT2D eigenvalue weighted by Gasteiger charge is -2.12. The highest BCUT2D eigenvalue weighted by atomic mass is 16.7. The first kappa shape index (κ1) is 16.6. The number of carbonyl (C=O) groups excluding carboxylic acids is 3. The highest BCUT2D eigenvalue weighted by Gasteiger charge is 2.38. The molecule has 0 bridgehead atoms. The van der Waals surface area contributed by atoms with Gasteiger partial charge in [-0.3, -0.25) is 14.4 Å². The number of hydroxylamine groups is 2. The fourth-order valence-corrected chi connectivity index (χ4v) is 2.76. The van der Waals surface area contributed by atoms with Crippen molar-refractivity contribution in [2.24, 2.45) is 0 Å². The van der Waals surface area contributed by atoms with Crippen LogP contribution < -0.4 is 5.56 Å². The summed E-state index contributed by atoms with van der Waals surface area (Å²) in [6.07, 6.45) is -0.264. The van der Waals surface area contributed by atoms with E-state index in [1.807, 2.05) is 0 Å². The van der Waals surface area contributed by atoms with E-state index in [-0.39, 0.29) is 24.1 Å². The summed E-state index contributed by atoms with van der Waals surface area (Å²) in [5, 5.41) is 8.50. The van der Waals surface area contributed by atoms with Crippen LogP contribution in [0, 0.1) is 0 Å². The number of benzene rings is 2. The van der Waals surface area contributed by atoms with Gasteiger partial charge in [0.2, 0.25) is 0 Å². The van der Waals surface area contributed by atoms with Crippen LogP contribution >= 0.6 is 0 Å². The molecule has 3 aromatic rings. The summed E-state index contributed by atoms with van der Waals surface area (Å²) in [5.41, 5.74) is 0.403. The number of nitrogens with zero attached hydrogens (tertiary/aromatic N) is 4. The molecule has 2 amide bonds. The summed E-state index contributed by atoms with van der Waals surface area (Å²) >= 11 is 0. The van der Waals surface area contributed by atoms with E-state index in [1.165, 1.54) is 12.1 Å². The first-order chi connectivity index (χ1) is 13.1. The largest absolute Gasteiger partial charge is 0.335 e. The zero-order valence-electron chi connectivity index (χ0n) is 13.9. The lowest BCUT2D eigenvalue weighted by atomic mass is 10.1. The molecule has 0 N–H and O–H groups in total. The molecule has 0 atom stereocenters. The number of aromatic nitrogens is 3. The molecule has 27 heavy (non-hydrogen) atoms. The lowest BCUT2D eigenvalue weighted by Crippen LogP contribution is -2.33. The smallest absolute Gasteiger partial charge is 0.330 e. The third kappa shape index (κ3) is 2.84. The van der Waals surface area contributed by atoms with Crippen molar-refractivity contribution in [1.29, 1.82) is 0 Å². The Morgan fingerprint density at radius 2 is 1.56 bits per heavy atom. The van der Waals surface area contributed by atoms with Crippen LogP contribution in [0.25, 0.3) is 10.9 Å². The van der Waals surface area contributed by atoms with Crippen molar-refractivity contribution >= 4 is 28.7 Å². The fourth-order valence-electron chi connectivity index (χ4n) is 2.76. The van der Waals surface area contributed by atoms with Crippen LogP contribution in [0.2, 0.25) is 0 Å². The quantitative estimate of drug-likeness (QED) is 0.633. The van der Waals surface area contributed by atoms with Crippen LogP contribution in [0.4, 0.5) is 0 Å². The molecule has 2 heterocycles. The van der Waals surface area contributed by atoms with Crippen LogP contribution in [-0.4, -0.2) is 37.8 Å². The van der Waals surface area contributed by atoms with E-state index in [9.17, 15) is 19.2 Å². The highest BCUT2D eigenvalue weighted by molar-refractivity contribution is 6.20. The van der Waals surface area contributed by atoms with E-state index in [4.69, 9.17) is 4.84 Å². The highest BCUT2D eigenvalue weighted by Crippen LogP contribution is 2.22. The van der Waals surface area contributed by atoms with E-state index in [2.05, 4.69) is 10.3 Å². The molecule has 0 radical (unpaired) electrons. The lowest BCUT2D eigenvalue weighted by molar-refractivity contribution is -0.168. The van der Waals surface area contributed by atoms with E-state index >= 15 is 0 Å². The second-order valence-corrected chi connectivity index (χ2v) is 5.80. The number of fused-ring (bicyclic) bond motifs is 2. The number of imide groups is 1. The zero-order chi connectivity index (χ0) is 19.0. The minimum atomic E-state index is -0.841. The average Bonchev–Trinajstić information content (AvgIpc) is 2.93. The van der Waals surface area contributed by atoms with Crippen LogP contribution in [0.1, 0.15) is 27.1 Å². The van der Waals surface area contributed by atoms with Gasteiger partial charge in [0.15, 0.2) is 0 Å². The number of amides is 2. The molecule has 0 saturated heterocycles. The molecule has 0 saturated carbocycles. The fraction of sp³-hybridized carbons (Fsp3) is 0.111. The summed E-state index contributed by atoms with van der Waals surface area (Å²) in [6.45, 7) is -0.0985. The maximum Gasteiger partial charge on any atom is 0.335 e. The van der Waals surface area contributed by atoms with Crippen molar-refractivity contribution in [3.8, 4) is 0 Å². The van der Waals surface area contributed by atoms with Crippen LogP contribution in [-0.2, 0) is 16.2 Å². The SMILES string of the molecule is O=C(CCn1nnc2ccccc2c1=O)ON1C(=O)c2ccccc2C1=O. The number of aryl methyl sites for hydroxylation is 1. The van der Waals surface area contributed by atoms with Gasteiger partial charge < -0.3 is 4.84 Å². The molecule has 2 aromatic carbocycles. The molecular weight excluding hydrogens is 352 g/mol. The molecule has 134 valence electrons. The molecule has 1 aromatic heterocycles. The Morgan fingerprint density at radius 1 is 0.926 bits per heavy atom. The number of carbonyl (C=O) groups is 3. The molecule has 4 rings (SSSR count). The van der Waals surface area contributed by atoms with E-state index in [0.29, 0.717) is 16.0 Å². The number of hydrogen-bond donors (Lipinski definition) is 0. The summed E-state index contributed by atoms with van der Waals surface area (Å²) in [4.78, 5) is 53.6. The van der Waals surface area contributed by atoms with Crippen molar-refractivity contribution in [1.82, 2.24) is 20.1 Å². The van der Waals surface area contributed by atoms with Gasteiger partial charge in [0, 0.05) is 0 Å². The number of rotatable bonds is 4. The van der Waals surface area contributed by atoms with Gasteiger partial charge in [-0.1, -0.05) is 34.5 Å². The van der Waals surface area contributed by atoms with Crippen LogP contribution in [0.15, 0.2) is 53.3 Å². The molecule has 1 aliphatic rings. The van der Waals surface area contributed by atoms with Crippen molar-refractivity contribution in [2.75, 3.05) is 0 Å². The molecule has 0 spiro atoms. The second kappa shape index (κ2) is 6.45. The molecule has 1 aliphatic heterocycles. The Labute approximate surface area is 151 Å². The van der Waals surface area contributed by atoms with Crippen molar-refractivity contribution in [2.45, 2.75) is 13.0 Å². The minimum Gasteiger partial charge on any atom is -0.330 e. The minimum absolute atomic E-state index is 0.0985. The predicted molar refractivity (Wildman–Crippen MR) is 91.4 cm³/mol. The van der Waals surface area contributed by atoms with Gasteiger partial charge in [0.05, 0.1) is 29.5 Å². The number of hydrogen-bond acceptors (Lipinski definition) is 7. The van der Waals surface area contributed by atoms with E-state index < -0.39 is 23.3 Å². The predicted octanol–water partition coefficient (Wildman–Crippen LogP) is 0.936. The topological polar surface area (TPSA) is 111 Å². The van der Waals surface area contributed by atoms with Gasteiger partial charge in [0.25, 0.3) is 17.4 Å². The Bertz CT molecular complexity index is 1120. The van der Waals surface area contributed by atoms with E-state index in [0.717, 1.165) is 4.68 Å². The summed E-state index contributed by atoms with van der Waals surface area (Å²) in [6, 6.07) is 12.9. The Kier molecular flexibility index (Phi) is 3.96. The second-order valence-electron chi connectivity index (χ2n) is 5.80. The third-order valence-electron chi connectivity index (χ3n) is 4.11. The Morgan fingerprint density at radius 3 is 2.26 bits per heavy atom. The van der Waals surface area contributed by atoms with Gasteiger partial charge in [-0.2, -0.15) is 0 Å². The molecular formula is C18H12N4O5. The zero-order valence-corrected chi connectivity index (χ0v) is 13.9. The molecule has 9 heteroatoms. The molecule has 0 fully saturated rings. The summed E-state index contributed by atoms with van der Waals surface area (Å²) in [5.74, 6) is -2.25. The first-order valence-electron chi connectivity index (χ1n) is 8.07. The maximum absolute atomic E-state index is 12.3. The van der Waals surface area contributed by atoms with Gasteiger partial charge in [-0.15, -0.1) is 5.10 Å². The molecule has 0 unspecified atom stereocenters. The Balaban J connectivity index is 1.45. The van der Waals surface area contributed by atoms with E-state index in [1.54, 1.807) is 36.4 Å². The average molecular weight is 364 g/mol. The first-order valence-corrected chi connectivity index (χ1v) is 8.07. The maximum atomic E-state index is 12.3.